The summed E-state index contributed by atoms with van der Waals surface area (Å²) in [6.45, 7) is 5.77. The average molecular weight is 312 g/mol. The predicted octanol–water partition coefficient (Wildman–Crippen LogP) is 0.497. The van der Waals surface area contributed by atoms with Crippen molar-refractivity contribution in [1.29, 1.82) is 0 Å². The third-order valence-corrected chi connectivity index (χ3v) is 2.85. The summed E-state index contributed by atoms with van der Waals surface area (Å²) in [6.07, 6.45) is 4.10. The summed E-state index contributed by atoms with van der Waals surface area (Å²) >= 11 is 0. The molecule has 1 heterocycles. The molecule has 0 bridgehead atoms. The molecule has 9 heteroatoms. The summed E-state index contributed by atoms with van der Waals surface area (Å²) in [5, 5.41) is 0. The smallest absolute Gasteiger partial charge is 0.382 e. The van der Waals surface area contributed by atoms with Gasteiger partial charge in [-0.25, -0.2) is 4.18 Å². The van der Waals surface area contributed by atoms with Crippen LogP contribution in [-0.4, -0.2) is 69.6 Å². The van der Waals surface area contributed by atoms with Crippen LogP contribution in [0.3, 0.4) is 0 Å². The second kappa shape index (κ2) is 9.94. The van der Waals surface area contributed by atoms with E-state index in [2.05, 4.69) is 16.0 Å². The van der Waals surface area contributed by atoms with E-state index in [0.29, 0.717) is 13.2 Å². The first kappa shape index (κ1) is 19.1. The summed E-state index contributed by atoms with van der Waals surface area (Å²) in [6, 6.07) is 0. The number of methoxy groups -OCH3 is 1. The Kier molecular flexibility index (Phi) is 9.51. The standard InChI is InChI=1S/C9H18N2O2.C2H6O4S/c1-4-11-6-5-10(2)9(11)13-8-7-12-3;1-2-6-7(3,4)5/h5-6,9H,4,7-8H2,1-3H3;2H2,1H3,(H,3,4,5). The molecule has 0 amide bonds. The number of hydrogen-bond donors (Lipinski definition) is 1. The van der Waals surface area contributed by atoms with Crippen molar-refractivity contribution in [1.82, 2.24) is 9.80 Å². The lowest BCUT2D eigenvalue weighted by molar-refractivity contribution is -0.104. The van der Waals surface area contributed by atoms with Crippen molar-refractivity contribution in [3.63, 3.8) is 0 Å². The van der Waals surface area contributed by atoms with Crippen LogP contribution in [0.25, 0.3) is 0 Å². The number of hydrogen-bond acceptors (Lipinski definition) is 7. The van der Waals surface area contributed by atoms with Gasteiger partial charge in [-0.15, -0.1) is 0 Å². The molecule has 1 atom stereocenters. The van der Waals surface area contributed by atoms with Crippen molar-refractivity contribution >= 4 is 10.4 Å². The molecule has 0 radical (unpaired) electrons. The quantitative estimate of drug-likeness (QED) is 0.537. The van der Waals surface area contributed by atoms with E-state index >= 15 is 0 Å². The van der Waals surface area contributed by atoms with Crippen LogP contribution >= 0.6 is 0 Å². The topological polar surface area (TPSA) is 88.5 Å². The highest BCUT2D eigenvalue weighted by atomic mass is 32.3. The van der Waals surface area contributed by atoms with Crippen LogP contribution in [0.4, 0.5) is 0 Å². The van der Waals surface area contributed by atoms with E-state index in [1.165, 1.54) is 6.92 Å². The molecular formula is C11H24N2O6S. The highest BCUT2D eigenvalue weighted by molar-refractivity contribution is 7.80. The first-order valence-corrected chi connectivity index (χ1v) is 7.60. The van der Waals surface area contributed by atoms with Gasteiger partial charge in [0.15, 0.2) is 0 Å². The van der Waals surface area contributed by atoms with Crippen molar-refractivity contribution in [2.24, 2.45) is 0 Å². The first-order chi connectivity index (χ1) is 9.35. The van der Waals surface area contributed by atoms with Gasteiger partial charge in [0.2, 0.25) is 6.35 Å². The minimum atomic E-state index is -4.17. The van der Waals surface area contributed by atoms with Crippen molar-refractivity contribution in [3.8, 4) is 0 Å². The Labute approximate surface area is 120 Å². The van der Waals surface area contributed by atoms with Crippen molar-refractivity contribution in [2.45, 2.75) is 20.2 Å². The Bertz CT molecular complexity index is 373. The van der Waals surface area contributed by atoms with E-state index in [-0.39, 0.29) is 13.0 Å². The first-order valence-electron chi connectivity index (χ1n) is 6.24. The lowest BCUT2D eigenvalue weighted by Crippen LogP contribution is -2.39. The summed E-state index contributed by atoms with van der Waals surface area (Å²) in [5.41, 5.74) is 0. The zero-order chi connectivity index (χ0) is 15.6. The van der Waals surface area contributed by atoms with Crippen LogP contribution in [0.1, 0.15) is 13.8 Å². The molecule has 0 fully saturated rings. The van der Waals surface area contributed by atoms with Gasteiger partial charge in [-0.1, -0.05) is 0 Å². The highest BCUT2D eigenvalue weighted by Gasteiger charge is 2.22. The summed E-state index contributed by atoms with van der Waals surface area (Å²) in [5.74, 6) is 0. The van der Waals surface area contributed by atoms with Gasteiger partial charge in [0, 0.05) is 33.1 Å². The maximum Gasteiger partial charge on any atom is 0.397 e. The van der Waals surface area contributed by atoms with Gasteiger partial charge < -0.3 is 19.3 Å². The Hall–Kier alpha value is -0.870. The molecule has 1 aliphatic rings. The molecule has 20 heavy (non-hydrogen) atoms. The molecule has 120 valence electrons. The average Bonchev–Trinajstić information content (AvgIpc) is 2.70. The number of ether oxygens (including phenoxy) is 2. The minimum absolute atomic E-state index is 0.0289. The number of nitrogens with zero attached hydrogens (tertiary/aromatic N) is 2. The molecular weight excluding hydrogens is 288 g/mol. The molecule has 1 unspecified atom stereocenters. The lowest BCUT2D eigenvalue weighted by Gasteiger charge is -2.29. The van der Waals surface area contributed by atoms with Gasteiger partial charge in [0.25, 0.3) is 0 Å². The normalized spacial score (nSPS) is 18.1. The van der Waals surface area contributed by atoms with Crippen LogP contribution < -0.4 is 0 Å². The van der Waals surface area contributed by atoms with Crippen molar-refractivity contribution in [2.75, 3.05) is 40.5 Å². The molecule has 0 aliphatic carbocycles. The summed E-state index contributed by atoms with van der Waals surface area (Å²) in [7, 11) is -0.492. The molecule has 1 rings (SSSR count). The molecule has 0 saturated heterocycles. The Balaban J connectivity index is 0.000000441. The Morgan fingerprint density at radius 1 is 1.25 bits per heavy atom. The van der Waals surface area contributed by atoms with Gasteiger partial charge in [0.05, 0.1) is 19.8 Å². The molecule has 0 saturated carbocycles. The number of rotatable bonds is 7. The molecule has 1 N–H and O–H groups in total. The van der Waals surface area contributed by atoms with Gasteiger partial charge in [-0.3, -0.25) is 4.55 Å². The lowest BCUT2D eigenvalue weighted by atomic mass is 10.6. The zero-order valence-electron chi connectivity index (χ0n) is 12.4. The predicted molar refractivity (Wildman–Crippen MR) is 74.1 cm³/mol. The molecule has 8 nitrogen and oxygen atoms in total. The summed E-state index contributed by atoms with van der Waals surface area (Å²) in [4.78, 5) is 4.18. The van der Waals surface area contributed by atoms with E-state index in [0.717, 1.165) is 6.54 Å². The Morgan fingerprint density at radius 2 is 1.90 bits per heavy atom. The third kappa shape index (κ3) is 8.33. The van der Waals surface area contributed by atoms with Crippen LogP contribution in [0.2, 0.25) is 0 Å². The molecule has 0 aromatic carbocycles. The zero-order valence-corrected chi connectivity index (χ0v) is 13.2. The SMILES string of the molecule is CCN1C=CN(C)C1OCCOC.CCOS(=O)(=O)O. The second-order valence-corrected chi connectivity index (χ2v) is 4.91. The van der Waals surface area contributed by atoms with Crippen LogP contribution in [0.15, 0.2) is 12.4 Å². The highest BCUT2D eigenvalue weighted by Crippen LogP contribution is 2.13. The Morgan fingerprint density at radius 3 is 2.30 bits per heavy atom. The van der Waals surface area contributed by atoms with Gasteiger partial charge in [-0.2, -0.15) is 8.42 Å². The van der Waals surface area contributed by atoms with Crippen molar-refractivity contribution in [3.05, 3.63) is 12.4 Å². The van der Waals surface area contributed by atoms with Crippen molar-refractivity contribution < 1.29 is 26.6 Å². The second-order valence-electron chi connectivity index (χ2n) is 3.82. The van der Waals surface area contributed by atoms with Gasteiger partial charge in [0.1, 0.15) is 0 Å². The largest absolute Gasteiger partial charge is 0.397 e. The van der Waals surface area contributed by atoms with Gasteiger partial charge >= 0.3 is 10.4 Å². The maximum absolute atomic E-state index is 9.56. The van der Waals surface area contributed by atoms with Gasteiger partial charge in [-0.05, 0) is 13.8 Å². The van der Waals surface area contributed by atoms with Crippen LogP contribution in [0, 0.1) is 0 Å². The van der Waals surface area contributed by atoms with E-state index in [4.69, 9.17) is 14.0 Å². The molecule has 1 aliphatic heterocycles. The summed E-state index contributed by atoms with van der Waals surface area (Å²) < 4.78 is 41.2. The monoisotopic (exact) mass is 312 g/mol. The molecule has 0 spiro atoms. The van der Waals surface area contributed by atoms with Crippen LogP contribution in [-0.2, 0) is 24.1 Å². The fraction of sp³-hybridized carbons (Fsp3) is 0.818. The maximum atomic E-state index is 9.56. The van der Waals surface area contributed by atoms with E-state index in [9.17, 15) is 8.42 Å². The van der Waals surface area contributed by atoms with E-state index < -0.39 is 10.4 Å². The third-order valence-electron chi connectivity index (χ3n) is 2.31. The fourth-order valence-corrected chi connectivity index (χ4v) is 1.73. The fourth-order valence-electron chi connectivity index (χ4n) is 1.43. The van der Waals surface area contributed by atoms with E-state index in [1.807, 2.05) is 24.3 Å². The van der Waals surface area contributed by atoms with Crippen LogP contribution in [0.5, 0.6) is 0 Å². The minimum Gasteiger partial charge on any atom is -0.382 e. The molecule has 0 aromatic heterocycles. The molecule has 0 aromatic rings. The van der Waals surface area contributed by atoms with E-state index in [1.54, 1.807) is 7.11 Å².